The number of anilines is 3. The molecule has 0 spiro atoms. The summed E-state index contributed by atoms with van der Waals surface area (Å²) in [4.78, 5) is 24.7. The second-order valence-electron chi connectivity index (χ2n) is 6.94. The number of carbonyl (C=O) groups excluding carboxylic acids is 1. The third-order valence-electron chi connectivity index (χ3n) is 4.39. The summed E-state index contributed by atoms with van der Waals surface area (Å²) in [5.74, 6) is 3.21. The van der Waals surface area contributed by atoms with Gasteiger partial charge in [-0.1, -0.05) is 12.1 Å². The highest BCUT2D eigenvalue weighted by atomic mass is 16.5. The lowest BCUT2D eigenvalue weighted by atomic mass is 10.2. The van der Waals surface area contributed by atoms with E-state index in [9.17, 15) is 4.79 Å². The molecule has 1 fully saturated rings. The van der Waals surface area contributed by atoms with Gasteiger partial charge in [0.05, 0.1) is 11.8 Å². The van der Waals surface area contributed by atoms with E-state index in [-0.39, 0.29) is 12.0 Å². The summed E-state index contributed by atoms with van der Waals surface area (Å²) >= 11 is 0. The van der Waals surface area contributed by atoms with Crippen molar-refractivity contribution in [3.63, 3.8) is 0 Å². The van der Waals surface area contributed by atoms with Crippen LogP contribution in [0.2, 0.25) is 0 Å². The summed E-state index contributed by atoms with van der Waals surface area (Å²) in [7, 11) is 0. The van der Waals surface area contributed by atoms with Crippen LogP contribution in [0, 0.1) is 6.92 Å². The Balaban J connectivity index is 1.78. The first-order valence-electron chi connectivity index (χ1n) is 9.31. The number of para-hydroxylation sites is 2. The van der Waals surface area contributed by atoms with Gasteiger partial charge < -0.3 is 19.9 Å². The number of hydrogen-bond acceptors (Lipinski definition) is 6. The third kappa shape index (κ3) is 4.87. The van der Waals surface area contributed by atoms with Crippen LogP contribution in [0.1, 0.15) is 26.6 Å². The van der Waals surface area contributed by atoms with Crippen LogP contribution in [0.15, 0.2) is 30.3 Å². The highest BCUT2D eigenvalue weighted by Gasteiger charge is 2.20. The Morgan fingerprint density at radius 1 is 1.15 bits per heavy atom. The number of nitrogens with zero attached hydrogens (tertiary/aromatic N) is 4. The molecule has 7 nitrogen and oxygen atoms in total. The zero-order chi connectivity index (χ0) is 19.4. The molecule has 1 aromatic carbocycles. The first kappa shape index (κ1) is 18.9. The summed E-state index contributed by atoms with van der Waals surface area (Å²) in [5.41, 5.74) is 0.872. The van der Waals surface area contributed by atoms with Gasteiger partial charge in [0, 0.05) is 39.2 Å². The standard InChI is InChI=1S/C20H27N5O2/c1-14(2)27-18-8-6-5-7-17(18)23-19-13-20(22-15(3)21-19)25-11-9-24(10-12-25)16(4)26/h5-8,13-14H,9-12H2,1-4H3,(H,21,22,23). The molecule has 0 bridgehead atoms. The molecule has 0 saturated carbocycles. The van der Waals surface area contributed by atoms with Gasteiger partial charge in [-0.2, -0.15) is 0 Å². The topological polar surface area (TPSA) is 70.6 Å². The first-order valence-corrected chi connectivity index (χ1v) is 9.31. The van der Waals surface area contributed by atoms with Crippen LogP contribution >= 0.6 is 0 Å². The molecule has 27 heavy (non-hydrogen) atoms. The van der Waals surface area contributed by atoms with Gasteiger partial charge in [-0.25, -0.2) is 9.97 Å². The molecule has 1 N–H and O–H groups in total. The fourth-order valence-electron chi connectivity index (χ4n) is 3.09. The normalized spacial score (nSPS) is 14.4. The number of rotatable bonds is 5. The SMILES string of the molecule is CC(=O)N1CCN(c2cc(Nc3ccccc3OC(C)C)nc(C)n2)CC1. The van der Waals surface area contributed by atoms with Crippen molar-refractivity contribution in [2.45, 2.75) is 33.8 Å². The number of aryl methyl sites for hydroxylation is 1. The smallest absolute Gasteiger partial charge is 0.219 e. The van der Waals surface area contributed by atoms with E-state index in [0.29, 0.717) is 18.9 Å². The zero-order valence-electron chi connectivity index (χ0n) is 16.4. The minimum Gasteiger partial charge on any atom is -0.489 e. The maximum absolute atomic E-state index is 11.5. The lowest BCUT2D eigenvalue weighted by molar-refractivity contribution is -0.129. The van der Waals surface area contributed by atoms with Crippen molar-refractivity contribution in [2.24, 2.45) is 0 Å². The Morgan fingerprint density at radius 3 is 2.52 bits per heavy atom. The number of ether oxygens (including phenoxy) is 1. The van der Waals surface area contributed by atoms with Gasteiger partial charge in [0.25, 0.3) is 0 Å². The molecule has 144 valence electrons. The van der Waals surface area contributed by atoms with E-state index in [0.717, 1.165) is 36.2 Å². The number of nitrogens with one attached hydrogen (secondary N) is 1. The predicted octanol–water partition coefficient (Wildman–Crippen LogP) is 2.98. The van der Waals surface area contributed by atoms with E-state index >= 15 is 0 Å². The number of carbonyl (C=O) groups is 1. The Morgan fingerprint density at radius 2 is 1.85 bits per heavy atom. The summed E-state index contributed by atoms with van der Waals surface area (Å²) in [6.07, 6.45) is 0.0909. The van der Waals surface area contributed by atoms with E-state index in [1.165, 1.54) is 0 Å². The van der Waals surface area contributed by atoms with Crippen LogP contribution in [0.3, 0.4) is 0 Å². The largest absolute Gasteiger partial charge is 0.489 e. The highest BCUT2D eigenvalue weighted by Crippen LogP contribution is 2.29. The maximum Gasteiger partial charge on any atom is 0.219 e. The second-order valence-corrected chi connectivity index (χ2v) is 6.94. The number of aromatic nitrogens is 2. The maximum atomic E-state index is 11.5. The van der Waals surface area contributed by atoms with E-state index in [2.05, 4.69) is 20.2 Å². The average molecular weight is 369 g/mol. The van der Waals surface area contributed by atoms with Gasteiger partial charge in [-0.05, 0) is 32.9 Å². The van der Waals surface area contributed by atoms with Crippen LogP contribution in [-0.2, 0) is 4.79 Å². The van der Waals surface area contributed by atoms with Crippen LogP contribution in [0.25, 0.3) is 0 Å². The van der Waals surface area contributed by atoms with E-state index < -0.39 is 0 Å². The Kier molecular flexibility index (Phi) is 5.78. The van der Waals surface area contributed by atoms with Crippen molar-refractivity contribution < 1.29 is 9.53 Å². The molecule has 0 radical (unpaired) electrons. The van der Waals surface area contributed by atoms with Gasteiger partial charge in [-0.15, -0.1) is 0 Å². The number of hydrogen-bond donors (Lipinski definition) is 1. The van der Waals surface area contributed by atoms with E-state index in [1.54, 1.807) is 6.92 Å². The summed E-state index contributed by atoms with van der Waals surface area (Å²) in [5, 5.41) is 3.36. The Hall–Kier alpha value is -2.83. The van der Waals surface area contributed by atoms with Crippen molar-refractivity contribution in [1.29, 1.82) is 0 Å². The molecule has 1 aromatic heterocycles. The molecule has 1 saturated heterocycles. The average Bonchev–Trinajstić information content (AvgIpc) is 2.62. The van der Waals surface area contributed by atoms with Crippen LogP contribution < -0.4 is 15.0 Å². The summed E-state index contributed by atoms with van der Waals surface area (Å²) < 4.78 is 5.87. The molecule has 0 atom stereocenters. The van der Waals surface area contributed by atoms with Crippen LogP contribution in [-0.4, -0.2) is 53.1 Å². The fraction of sp³-hybridized carbons (Fsp3) is 0.450. The molecule has 0 aliphatic carbocycles. The van der Waals surface area contributed by atoms with Crippen LogP contribution in [0.5, 0.6) is 5.75 Å². The minimum absolute atomic E-state index is 0.0909. The molecule has 1 amide bonds. The molecule has 2 aromatic rings. The summed E-state index contributed by atoms with van der Waals surface area (Å²) in [6.45, 7) is 10.5. The third-order valence-corrected chi connectivity index (χ3v) is 4.39. The van der Waals surface area contributed by atoms with Gasteiger partial charge in [0.15, 0.2) is 0 Å². The number of amides is 1. The van der Waals surface area contributed by atoms with E-state index in [1.807, 2.05) is 56.0 Å². The van der Waals surface area contributed by atoms with Gasteiger partial charge in [0.2, 0.25) is 5.91 Å². The monoisotopic (exact) mass is 369 g/mol. The molecule has 1 aliphatic heterocycles. The molecule has 0 unspecified atom stereocenters. The fourth-order valence-corrected chi connectivity index (χ4v) is 3.09. The molecular formula is C20H27N5O2. The quantitative estimate of drug-likeness (QED) is 0.874. The predicted molar refractivity (Wildman–Crippen MR) is 107 cm³/mol. The van der Waals surface area contributed by atoms with Crippen molar-refractivity contribution in [1.82, 2.24) is 14.9 Å². The van der Waals surface area contributed by atoms with Crippen LogP contribution in [0.4, 0.5) is 17.3 Å². The molecule has 3 rings (SSSR count). The van der Waals surface area contributed by atoms with Gasteiger partial charge >= 0.3 is 0 Å². The van der Waals surface area contributed by atoms with Crippen molar-refractivity contribution >= 4 is 23.2 Å². The number of benzene rings is 1. The Bertz CT molecular complexity index is 801. The second kappa shape index (κ2) is 8.24. The van der Waals surface area contributed by atoms with Gasteiger partial charge in [-0.3, -0.25) is 4.79 Å². The molecular weight excluding hydrogens is 342 g/mol. The Labute approximate surface area is 160 Å². The molecule has 2 heterocycles. The van der Waals surface area contributed by atoms with E-state index in [4.69, 9.17) is 4.74 Å². The molecule has 7 heteroatoms. The first-order chi connectivity index (χ1) is 12.9. The minimum atomic E-state index is 0.0909. The number of piperazine rings is 1. The van der Waals surface area contributed by atoms with Crippen molar-refractivity contribution in [2.75, 3.05) is 36.4 Å². The molecule has 1 aliphatic rings. The summed E-state index contributed by atoms with van der Waals surface area (Å²) in [6, 6.07) is 9.78. The highest BCUT2D eigenvalue weighted by molar-refractivity contribution is 5.73. The zero-order valence-corrected chi connectivity index (χ0v) is 16.4. The van der Waals surface area contributed by atoms with Crippen molar-refractivity contribution in [3.05, 3.63) is 36.2 Å². The van der Waals surface area contributed by atoms with Crippen molar-refractivity contribution in [3.8, 4) is 5.75 Å². The van der Waals surface area contributed by atoms with Gasteiger partial charge in [0.1, 0.15) is 23.2 Å². The lowest BCUT2D eigenvalue weighted by Crippen LogP contribution is -2.48. The lowest BCUT2D eigenvalue weighted by Gasteiger charge is -2.35.